The quantitative estimate of drug-likeness (QED) is 0.115. The molecule has 0 saturated heterocycles. The summed E-state index contributed by atoms with van der Waals surface area (Å²) in [5.41, 5.74) is 7.25. The van der Waals surface area contributed by atoms with E-state index in [1.807, 2.05) is 30.3 Å². The summed E-state index contributed by atoms with van der Waals surface area (Å²) in [6.45, 7) is 0.895. The Morgan fingerprint density at radius 2 is 1.77 bits per heavy atom. The van der Waals surface area contributed by atoms with Gasteiger partial charge in [-0.2, -0.15) is 0 Å². The molecule has 6 N–H and O–H groups in total. The molecule has 0 bridgehead atoms. The largest absolute Gasteiger partial charge is 0.497 e. The zero-order chi connectivity index (χ0) is 30.3. The van der Waals surface area contributed by atoms with Crippen molar-refractivity contribution in [1.82, 2.24) is 15.3 Å². The fourth-order valence-corrected chi connectivity index (χ4v) is 5.72. The molecule has 0 unspecified atom stereocenters. The van der Waals surface area contributed by atoms with Crippen LogP contribution < -0.4 is 31.7 Å². The normalized spacial score (nSPS) is 10.7. The van der Waals surface area contributed by atoms with E-state index in [1.165, 1.54) is 30.6 Å². The number of rotatable bonds is 10. The van der Waals surface area contributed by atoms with Gasteiger partial charge in [-0.25, -0.2) is 23.5 Å². The number of thiazole rings is 2. The molecule has 0 saturated carbocycles. The van der Waals surface area contributed by atoms with Crippen molar-refractivity contribution >= 4 is 56.9 Å². The molecule has 5 aromatic rings. The van der Waals surface area contributed by atoms with Crippen molar-refractivity contribution < 1.29 is 23.1 Å². The molecule has 0 fully saturated rings. The Morgan fingerprint density at radius 3 is 2.56 bits per heavy atom. The lowest BCUT2D eigenvalue weighted by molar-refractivity contribution is 0.102. The number of anilines is 4. The highest BCUT2D eigenvalue weighted by Crippen LogP contribution is 2.39. The summed E-state index contributed by atoms with van der Waals surface area (Å²) in [7, 11) is 1.46. The second kappa shape index (κ2) is 13.3. The Balaban J connectivity index is 1.25. The van der Waals surface area contributed by atoms with Crippen molar-refractivity contribution in [2.24, 2.45) is 0 Å². The van der Waals surface area contributed by atoms with Crippen LogP contribution >= 0.6 is 22.7 Å². The van der Waals surface area contributed by atoms with Gasteiger partial charge < -0.3 is 26.4 Å². The standard InChI is InChI=1S/C29H25F2N7O3S2/c1-41-18-9-5-6-16(12-18)26(39)35-22-13-19(20(30)14-21(22)31)23-15-42-27(36-23)24-25(32)37-29(43-24)38-28(40)34-11-10-33-17-7-3-2-4-8-17/h2-9,12-15,33H,10-11,32H2,1H3,(H,35,39)(H2,34,37,38,40). The number of hydrogen-bond donors (Lipinski definition) is 5. The van der Waals surface area contributed by atoms with E-state index >= 15 is 0 Å². The number of para-hydroxylation sites is 1. The molecular weight excluding hydrogens is 596 g/mol. The van der Waals surface area contributed by atoms with Gasteiger partial charge in [-0.15, -0.1) is 11.3 Å². The summed E-state index contributed by atoms with van der Waals surface area (Å²) in [6.07, 6.45) is 0. The summed E-state index contributed by atoms with van der Waals surface area (Å²) >= 11 is 2.28. The van der Waals surface area contributed by atoms with Gasteiger partial charge in [-0.05, 0) is 36.4 Å². The maximum Gasteiger partial charge on any atom is 0.321 e. The smallest absolute Gasteiger partial charge is 0.321 e. The lowest BCUT2D eigenvalue weighted by Gasteiger charge is -2.10. The van der Waals surface area contributed by atoms with Gasteiger partial charge in [0, 0.05) is 41.4 Å². The highest BCUT2D eigenvalue weighted by atomic mass is 32.1. The summed E-state index contributed by atoms with van der Waals surface area (Å²) in [4.78, 5) is 34.2. The van der Waals surface area contributed by atoms with Crippen molar-refractivity contribution in [2.75, 3.05) is 41.9 Å². The van der Waals surface area contributed by atoms with Crippen LogP contribution in [0.15, 0.2) is 72.1 Å². The van der Waals surface area contributed by atoms with E-state index in [2.05, 4.69) is 31.2 Å². The SMILES string of the molecule is COc1cccc(C(=O)Nc2cc(-c3csc(-c4sc(NC(=O)NCCNc5ccccc5)nc4N)n3)c(F)cc2F)c1. The van der Waals surface area contributed by atoms with E-state index in [0.717, 1.165) is 17.0 Å². The minimum atomic E-state index is -0.940. The summed E-state index contributed by atoms with van der Waals surface area (Å²) in [5, 5.41) is 13.3. The monoisotopic (exact) mass is 621 g/mol. The Hall–Kier alpha value is -5.08. The average Bonchev–Trinajstić information content (AvgIpc) is 3.63. The molecule has 2 heterocycles. The van der Waals surface area contributed by atoms with E-state index in [4.69, 9.17) is 10.5 Å². The first-order valence-corrected chi connectivity index (χ1v) is 14.5. The number of nitrogens with zero attached hydrogens (tertiary/aromatic N) is 2. The number of ether oxygens (including phenoxy) is 1. The van der Waals surface area contributed by atoms with Crippen molar-refractivity contribution in [3.05, 3.63) is 89.3 Å². The molecule has 0 spiro atoms. The van der Waals surface area contributed by atoms with Crippen molar-refractivity contribution in [2.45, 2.75) is 0 Å². The minimum absolute atomic E-state index is 0.0187. The molecule has 220 valence electrons. The van der Waals surface area contributed by atoms with Crippen LogP contribution in [0, 0.1) is 11.6 Å². The van der Waals surface area contributed by atoms with Crippen LogP contribution in [0.4, 0.5) is 35.9 Å². The zero-order valence-electron chi connectivity index (χ0n) is 22.6. The van der Waals surface area contributed by atoms with Gasteiger partial charge in [-0.1, -0.05) is 35.6 Å². The van der Waals surface area contributed by atoms with Crippen molar-refractivity contribution in [3.8, 4) is 26.9 Å². The van der Waals surface area contributed by atoms with E-state index in [9.17, 15) is 18.4 Å². The number of hydrogen-bond acceptors (Lipinski definition) is 9. The second-order valence-electron chi connectivity index (χ2n) is 8.94. The van der Waals surface area contributed by atoms with Crippen LogP contribution in [0.5, 0.6) is 5.75 Å². The molecule has 5 rings (SSSR count). The van der Waals surface area contributed by atoms with Gasteiger partial charge in [0.2, 0.25) is 0 Å². The molecule has 0 atom stereocenters. The first kappa shape index (κ1) is 29.4. The number of aromatic nitrogens is 2. The first-order chi connectivity index (χ1) is 20.8. The van der Waals surface area contributed by atoms with Crippen LogP contribution in [0.2, 0.25) is 0 Å². The van der Waals surface area contributed by atoms with Gasteiger partial charge >= 0.3 is 6.03 Å². The van der Waals surface area contributed by atoms with Crippen LogP contribution in [0.25, 0.3) is 21.1 Å². The first-order valence-electron chi connectivity index (χ1n) is 12.8. The number of halogens is 2. The number of nitrogens with one attached hydrogen (secondary N) is 4. The third kappa shape index (κ3) is 7.23. The topological polar surface area (TPSA) is 143 Å². The molecule has 10 nitrogen and oxygen atoms in total. The highest BCUT2D eigenvalue weighted by Gasteiger charge is 2.20. The molecule has 0 radical (unpaired) electrons. The molecule has 0 aliphatic rings. The second-order valence-corrected chi connectivity index (χ2v) is 10.8. The molecular formula is C29H25F2N7O3S2. The van der Waals surface area contributed by atoms with E-state index in [-0.39, 0.29) is 33.5 Å². The van der Waals surface area contributed by atoms with Crippen LogP contribution in [0.3, 0.4) is 0 Å². The molecule has 3 aromatic carbocycles. The van der Waals surface area contributed by atoms with Crippen LogP contribution in [-0.4, -0.2) is 42.1 Å². The Bertz CT molecular complexity index is 1760. The van der Waals surface area contributed by atoms with Gasteiger partial charge in [0.15, 0.2) is 5.13 Å². The number of methoxy groups -OCH3 is 1. The average molecular weight is 622 g/mol. The number of carbonyl (C=O) groups excluding carboxylic acids is 2. The maximum atomic E-state index is 14.8. The molecule has 2 aromatic heterocycles. The fourth-order valence-electron chi connectivity index (χ4n) is 3.92. The highest BCUT2D eigenvalue weighted by molar-refractivity contribution is 7.23. The number of urea groups is 1. The minimum Gasteiger partial charge on any atom is -0.497 e. The Labute approximate surface area is 253 Å². The zero-order valence-corrected chi connectivity index (χ0v) is 24.2. The number of carbonyl (C=O) groups is 2. The molecule has 0 aliphatic heterocycles. The lowest BCUT2D eigenvalue weighted by Crippen LogP contribution is -2.32. The van der Waals surface area contributed by atoms with Gasteiger partial charge in [0.1, 0.15) is 33.1 Å². The number of benzene rings is 3. The number of amides is 3. The molecule has 43 heavy (non-hydrogen) atoms. The fraction of sp³-hybridized carbons (Fsp3) is 0.103. The van der Waals surface area contributed by atoms with Gasteiger partial charge in [-0.3, -0.25) is 10.1 Å². The molecule has 3 amide bonds. The van der Waals surface area contributed by atoms with E-state index < -0.39 is 23.6 Å². The maximum absolute atomic E-state index is 14.8. The molecule has 0 aliphatic carbocycles. The van der Waals surface area contributed by atoms with Crippen molar-refractivity contribution in [3.63, 3.8) is 0 Å². The van der Waals surface area contributed by atoms with Crippen LogP contribution in [0.1, 0.15) is 10.4 Å². The van der Waals surface area contributed by atoms with Gasteiger partial charge in [0.25, 0.3) is 5.91 Å². The van der Waals surface area contributed by atoms with E-state index in [0.29, 0.717) is 34.8 Å². The summed E-state index contributed by atoms with van der Waals surface area (Å²) < 4.78 is 34.6. The molecule has 14 heteroatoms. The van der Waals surface area contributed by atoms with Crippen molar-refractivity contribution in [1.29, 1.82) is 0 Å². The third-order valence-electron chi connectivity index (χ3n) is 6.00. The predicted molar refractivity (Wildman–Crippen MR) is 166 cm³/mol. The Morgan fingerprint density at radius 1 is 0.953 bits per heavy atom. The number of nitrogen functional groups attached to an aromatic ring is 1. The van der Waals surface area contributed by atoms with Crippen LogP contribution in [-0.2, 0) is 0 Å². The summed E-state index contributed by atoms with van der Waals surface area (Å²) in [6, 6.07) is 17.4. The summed E-state index contributed by atoms with van der Waals surface area (Å²) in [5.74, 6) is -1.79. The van der Waals surface area contributed by atoms with E-state index in [1.54, 1.807) is 23.6 Å². The Kier molecular flexibility index (Phi) is 9.08. The third-order valence-corrected chi connectivity index (χ3v) is 7.98. The van der Waals surface area contributed by atoms with Gasteiger partial charge in [0.05, 0.1) is 18.5 Å². The lowest BCUT2D eigenvalue weighted by atomic mass is 10.1. The number of nitrogens with two attached hydrogens (primary N) is 1. The predicted octanol–water partition coefficient (Wildman–Crippen LogP) is 6.29.